The third-order valence-corrected chi connectivity index (χ3v) is 6.12. The van der Waals surface area contributed by atoms with E-state index in [-0.39, 0.29) is 28.6 Å². The van der Waals surface area contributed by atoms with Gasteiger partial charge in [0.1, 0.15) is 5.75 Å². The van der Waals surface area contributed by atoms with Crippen molar-refractivity contribution in [2.75, 3.05) is 16.6 Å². The molecular weight excluding hydrogens is 440 g/mol. The van der Waals surface area contributed by atoms with Crippen molar-refractivity contribution in [1.82, 2.24) is 9.97 Å². The number of sulfonamides is 1. The smallest absolute Gasteiger partial charge is 0.264 e. The number of benzene rings is 2. The van der Waals surface area contributed by atoms with Crippen LogP contribution in [0, 0.1) is 0 Å². The SMILES string of the molecule is CC(C)(C)c1ccc(OCCCC(=O)Nc2ccc(S(=O)(=O)Nc3ncccn3)cc2)cc1. The Bertz CT molecular complexity index is 1160. The Balaban J connectivity index is 1.44. The van der Waals surface area contributed by atoms with E-state index < -0.39 is 10.0 Å². The van der Waals surface area contributed by atoms with Gasteiger partial charge in [0.25, 0.3) is 10.0 Å². The van der Waals surface area contributed by atoms with Gasteiger partial charge in [0, 0.05) is 24.5 Å². The van der Waals surface area contributed by atoms with Crippen LogP contribution in [0.1, 0.15) is 39.2 Å². The lowest BCUT2D eigenvalue weighted by atomic mass is 9.87. The minimum Gasteiger partial charge on any atom is -0.494 e. The molecule has 0 bridgehead atoms. The van der Waals surface area contributed by atoms with Gasteiger partial charge >= 0.3 is 0 Å². The first-order valence-electron chi connectivity index (χ1n) is 10.6. The maximum atomic E-state index is 12.4. The maximum Gasteiger partial charge on any atom is 0.264 e. The molecule has 0 atom stereocenters. The Hall–Kier alpha value is -3.46. The first kappa shape index (κ1) is 24.2. The van der Waals surface area contributed by atoms with E-state index in [1.54, 1.807) is 6.07 Å². The Labute approximate surface area is 194 Å². The van der Waals surface area contributed by atoms with Crippen LogP contribution < -0.4 is 14.8 Å². The minimum absolute atomic E-state index is 0.0118. The summed E-state index contributed by atoms with van der Waals surface area (Å²) in [7, 11) is -3.82. The highest BCUT2D eigenvalue weighted by Gasteiger charge is 2.16. The number of hydrogen-bond donors (Lipinski definition) is 2. The molecule has 0 aliphatic heterocycles. The number of rotatable bonds is 9. The molecule has 0 unspecified atom stereocenters. The lowest BCUT2D eigenvalue weighted by molar-refractivity contribution is -0.116. The van der Waals surface area contributed by atoms with E-state index in [2.05, 4.69) is 40.8 Å². The van der Waals surface area contributed by atoms with E-state index in [4.69, 9.17) is 4.74 Å². The highest BCUT2D eigenvalue weighted by molar-refractivity contribution is 7.92. The Kier molecular flexibility index (Phi) is 7.65. The molecule has 33 heavy (non-hydrogen) atoms. The molecule has 0 radical (unpaired) electrons. The number of amides is 1. The van der Waals surface area contributed by atoms with Crippen molar-refractivity contribution in [3.05, 3.63) is 72.6 Å². The molecule has 174 valence electrons. The molecule has 9 heteroatoms. The molecule has 3 aromatic rings. The summed E-state index contributed by atoms with van der Waals surface area (Å²) >= 11 is 0. The number of ether oxygens (including phenoxy) is 1. The third kappa shape index (κ3) is 7.28. The zero-order chi connectivity index (χ0) is 23.9. The van der Waals surface area contributed by atoms with Crippen molar-refractivity contribution in [2.24, 2.45) is 0 Å². The highest BCUT2D eigenvalue weighted by atomic mass is 32.2. The van der Waals surface area contributed by atoms with Gasteiger partial charge in [0.15, 0.2) is 0 Å². The van der Waals surface area contributed by atoms with Gasteiger partial charge in [-0.2, -0.15) is 0 Å². The summed E-state index contributed by atoms with van der Waals surface area (Å²) in [6.07, 6.45) is 3.72. The summed E-state index contributed by atoms with van der Waals surface area (Å²) in [4.78, 5) is 19.9. The number of carbonyl (C=O) groups is 1. The van der Waals surface area contributed by atoms with Gasteiger partial charge in [-0.25, -0.2) is 23.1 Å². The second-order valence-corrected chi connectivity index (χ2v) is 10.2. The standard InChI is InChI=1S/C24H28N4O4S/c1-24(2,3)18-7-11-20(12-8-18)32-17-4-6-22(29)27-19-9-13-21(14-10-19)33(30,31)28-23-25-15-5-16-26-23/h5,7-16H,4,6,17H2,1-3H3,(H,27,29)(H,25,26,28). The molecule has 1 amide bonds. The Morgan fingerprint density at radius 1 is 0.970 bits per heavy atom. The van der Waals surface area contributed by atoms with Crippen LogP contribution in [-0.4, -0.2) is 30.9 Å². The summed E-state index contributed by atoms with van der Waals surface area (Å²) in [6.45, 7) is 6.90. The van der Waals surface area contributed by atoms with Gasteiger partial charge in [0.05, 0.1) is 11.5 Å². The molecule has 2 N–H and O–H groups in total. The molecule has 2 aromatic carbocycles. The molecule has 8 nitrogen and oxygen atoms in total. The van der Waals surface area contributed by atoms with Crippen LogP contribution >= 0.6 is 0 Å². The minimum atomic E-state index is -3.82. The van der Waals surface area contributed by atoms with Crippen LogP contribution in [-0.2, 0) is 20.2 Å². The molecule has 1 heterocycles. The number of carbonyl (C=O) groups excluding carboxylic acids is 1. The monoisotopic (exact) mass is 468 g/mol. The highest BCUT2D eigenvalue weighted by Crippen LogP contribution is 2.24. The van der Waals surface area contributed by atoms with Gasteiger partial charge in [-0.1, -0.05) is 32.9 Å². The normalized spacial score (nSPS) is 11.6. The number of aromatic nitrogens is 2. The number of nitrogens with zero attached hydrogens (tertiary/aromatic N) is 2. The summed E-state index contributed by atoms with van der Waals surface area (Å²) in [6, 6.07) is 15.5. The molecule has 0 aliphatic rings. The molecule has 1 aromatic heterocycles. The van der Waals surface area contributed by atoms with E-state index in [9.17, 15) is 13.2 Å². The van der Waals surface area contributed by atoms with Crippen molar-refractivity contribution in [3.8, 4) is 5.75 Å². The second kappa shape index (κ2) is 10.4. The zero-order valence-corrected chi connectivity index (χ0v) is 19.7. The first-order valence-corrected chi connectivity index (χ1v) is 12.0. The van der Waals surface area contributed by atoms with Crippen LogP contribution in [0.4, 0.5) is 11.6 Å². The fourth-order valence-corrected chi connectivity index (χ4v) is 3.90. The average molecular weight is 469 g/mol. The first-order chi connectivity index (χ1) is 15.6. The Morgan fingerprint density at radius 3 is 2.21 bits per heavy atom. The van der Waals surface area contributed by atoms with Gasteiger partial charge in [0.2, 0.25) is 11.9 Å². The largest absolute Gasteiger partial charge is 0.494 e. The maximum absolute atomic E-state index is 12.4. The van der Waals surface area contributed by atoms with Crippen LogP contribution in [0.25, 0.3) is 0 Å². The molecule has 0 saturated heterocycles. The van der Waals surface area contributed by atoms with Crippen LogP contribution in [0.5, 0.6) is 5.75 Å². The number of nitrogens with one attached hydrogen (secondary N) is 2. The van der Waals surface area contributed by atoms with Crippen LogP contribution in [0.3, 0.4) is 0 Å². The molecular formula is C24H28N4O4S. The zero-order valence-electron chi connectivity index (χ0n) is 18.9. The van der Waals surface area contributed by atoms with Crippen LogP contribution in [0.2, 0.25) is 0 Å². The van der Waals surface area contributed by atoms with Crippen molar-refractivity contribution >= 4 is 27.6 Å². The topological polar surface area (TPSA) is 110 Å². The molecule has 3 rings (SSSR count). The molecule has 0 aliphatic carbocycles. The number of hydrogen-bond acceptors (Lipinski definition) is 6. The fraction of sp³-hybridized carbons (Fsp3) is 0.292. The second-order valence-electron chi connectivity index (χ2n) is 8.48. The van der Waals surface area contributed by atoms with E-state index in [1.807, 2.05) is 24.3 Å². The van der Waals surface area contributed by atoms with Gasteiger partial charge < -0.3 is 10.1 Å². The average Bonchev–Trinajstić information content (AvgIpc) is 2.77. The van der Waals surface area contributed by atoms with Crippen LogP contribution in [0.15, 0.2) is 71.9 Å². The fourth-order valence-electron chi connectivity index (χ4n) is 2.95. The summed E-state index contributed by atoms with van der Waals surface area (Å²) < 4.78 is 32.8. The molecule has 0 saturated carbocycles. The predicted molar refractivity (Wildman–Crippen MR) is 128 cm³/mol. The van der Waals surface area contributed by atoms with Gasteiger partial charge in [-0.3, -0.25) is 4.79 Å². The lowest BCUT2D eigenvalue weighted by Crippen LogP contribution is -2.15. The van der Waals surface area contributed by atoms with E-state index in [0.717, 1.165) is 5.75 Å². The summed E-state index contributed by atoms with van der Waals surface area (Å²) in [5, 5.41) is 2.76. The number of anilines is 2. The lowest BCUT2D eigenvalue weighted by Gasteiger charge is -2.19. The van der Waals surface area contributed by atoms with E-state index >= 15 is 0 Å². The summed E-state index contributed by atoms with van der Waals surface area (Å²) in [5.74, 6) is 0.588. The van der Waals surface area contributed by atoms with Crippen molar-refractivity contribution in [1.29, 1.82) is 0 Å². The van der Waals surface area contributed by atoms with Gasteiger partial charge in [-0.05, 0) is 59.9 Å². The van der Waals surface area contributed by atoms with Crippen molar-refractivity contribution in [2.45, 2.75) is 43.9 Å². The van der Waals surface area contributed by atoms with Gasteiger partial charge in [-0.15, -0.1) is 0 Å². The molecule has 0 fully saturated rings. The third-order valence-electron chi connectivity index (χ3n) is 4.78. The van der Waals surface area contributed by atoms with E-state index in [0.29, 0.717) is 18.7 Å². The van der Waals surface area contributed by atoms with Crippen molar-refractivity contribution in [3.63, 3.8) is 0 Å². The molecule has 0 spiro atoms. The quantitative estimate of drug-likeness (QED) is 0.451. The van der Waals surface area contributed by atoms with E-state index in [1.165, 1.54) is 42.2 Å². The predicted octanol–water partition coefficient (Wildman–Crippen LogP) is 4.37. The van der Waals surface area contributed by atoms with Crippen molar-refractivity contribution < 1.29 is 17.9 Å². The Morgan fingerprint density at radius 2 is 1.61 bits per heavy atom. The summed E-state index contributed by atoms with van der Waals surface area (Å²) in [5.41, 5.74) is 1.83.